The second-order valence-electron chi connectivity index (χ2n) is 7.65. The molecule has 6 nitrogen and oxygen atoms in total. The van der Waals surface area contributed by atoms with Gasteiger partial charge in [-0.1, -0.05) is 25.1 Å². The summed E-state index contributed by atoms with van der Waals surface area (Å²) in [5.41, 5.74) is 3.76. The van der Waals surface area contributed by atoms with Gasteiger partial charge in [0, 0.05) is 48.0 Å². The van der Waals surface area contributed by atoms with Crippen LogP contribution in [0.5, 0.6) is 0 Å². The number of aryl methyl sites for hydroxylation is 1. The predicted molar refractivity (Wildman–Crippen MR) is 119 cm³/mol. The zero-order valence-electron chi connectivity index (χ0n) is 17.7. The molecule has 1 amide bonds. The molecule has 4 rings (SSSR count). The number of rotatable bonds is 8. The van der Waals surface area contributed by atoms with Gasteiger partial charge in [0.05, 0.1) is 18.5 Å². The fraction of sp³-hybridized carbons (Fsp3) is 0.391. The van der Waals surface area contributed by atoms with E-state index in [1.807, 2.05) is 36.0 Å². The van der Waals surface area contributed by atoms with Crippen molar-refractivity contribution in [1.29, 1.82) is 0 Å². The van der Waals surface area contributed by atoms with Crippen LogP contribution in [0.15, 0.2) is 52.0 Å². The number of hydrogen-bond donors (Lipinski definition) is 1. The number of nitrogens with zero attached hydrogens (tertiary/aromatic N) is 3. The van der Waals surface area contributed by atoms with Gasteiger partial charge >= 0.3 is 0 Å². The Morgan fingerprint density at radius 2 is 2.17 bits per heavy atom. The van der Waals surface area contributed by atoms with Crippen molar-refractivity contribution in [3.63, 3.8) is 0 Å². The first-order valence-corrected chi connectivity index (χ1v) is 11.4. The number of hydrogen-bond acceptors (Lipinski definition) is 5. The molecule has 0 spiro atoms. The normalized spacial score (nSPS) is 13.7. The van der Waals surface area contributed by atoms with Gasteiger partial charge in [-0.2, -0.15) is 5.10 Å². The van der Waals surface area contributed by atoms with Crippen LogP contribution in [0, 0.1) is 0 Å². The summed E-state index contributed by atoms with van der Waals surface area (Å²) in [4.78, 5) is 16.5. The lowest BCUT2D eigenvalue weighted by atomic mass is 10.1. The van der Waals surface area contributed by atoms with Crippen LogP contribution in [0.2, 0.25) is 0 Å². The Morgan fingerprint density at radius 3 is 2.93 bits per heavy atom. The number of aromatic nitrogens is 2. The summed E-state index contributed by atoms with van der Waals surface area (Å²) >= 11 is 1.76. The van der Waals surface area contributed by atoms with Gasteiger partial charge in [-0.3, -0.25) is 14.4 Å². The summed E-state index contributed by atoms with van der Waals surface area (Å²) in [6.07, 6.45) is 2.74. The molecule has 0 saturated carbocycles. The van der Waals surface area contributed by atoms with E-state index in [1.54, 1.807) is 18.0 Å². The van der Waals surface area contributed by atoms with Crippen molar-refractivity contribution >= 4 is 17.7 Å². The molecule has 30 heavy (non-hydrogen) atoms. The number of nitrogens with one attached hydrogen (secondary N) is 1. The first kappa shape index (κ1) is 20.8. The molecule has 0 radical (unpaired) electrons. The molecular weight excluding hydrogens is 396 g/mol. The number of fused-ring (bicyclic) bond motifs is 3. The molecule has 1 N–H and O–H groups in total. The lowest BCUT2D eigenvalue weighted by molar-refractivity contribution is 0.0935. The fourth-order valence-corrected chi connectivity index (χ4v) is 4.94. The van der Waals surface area contributed by atoms with E-state index in [-0.39, 0.29) is 5.91 Å². The maximum absolute atomic E-state index is 12.9. The minimum Gasteiger partial charge on any atom is -0.468 e. The van der Waals surface area contributed by atoms with E-state index in [2.05, 4.69) is 41.3 Å². The van der Waals surface area contributed by atoms with Crippen LogP contribution in [-0.2, 0) is 19.3 Å². The lowest BCUT2D eigenvalue weighted by Crippen LogP contribution is -2.39. The van der Waals surface area contributed by atoms with E-state index < -0.39 is 0 Å². The molecular formula is C23H28N4O2S. The van der Waals surface area contributed by atoms with E-state index in [4.69, 9.17) is 4.42 Å². The monoisotopic (exact) mass is 424 g/mol. The van der Waals surface area contributed by atoms with Crippen LogP contribution in [0.4, 0.5) is 0 Å². The van der Waals surface area contributed by atoms with Crippen molar-refractivity contribution in [1.82, 2.24) is 20.0 Å². The van der Waals surface area contributed by atoms with Crippen molar-refractivity contribution < 1.29 is 9.21 Å². The minimum absolute atomic E-state index is 0.103. The Balaban J connectivity index is 1.44. The molecule has 1 aliphatic rings. The molecule has 0 bridgehead atoms. The molecule has 1 aromatic carbocycles. The zero-order chi connectivity index (χ0) is 21.1. The average molecular weight is 425 g/mol. The van der Waals surface area contributed by atoms with Crippen LogP contribution in [-0.4, -0.2) is 39.7 Å². The molecule has 1 unspecified atom stereocenters. The third-order valence-electron chi connectivity index (χ3n) is 5.71. The number of furan rings is 1. The second kappa shape index (κ2) is 9.10. The van der Waals surface area contributed by atoms with Crippen molar-refractivity contribution in [3.05, 3.63) is 59.7 Å². The number of carbonyl (C=O) groups excluding carboxylic acids is 1. The van der Waals surface area contributed by atoms with Crippen molar-refractivity contribution in [2.75, 3.05) is 13.1 Å². The molecule has 0 fully saturated rings. The summed E-state index contributed by atoms with van der Waals surface area (Å²) in [6.45, 7) is 6.44. The zero-order valence-corrected chi connectivity index (χ0v) is 18.5. The van der Waals surface area contributed by atoms with Gasteiger partial charge in [-0.05, 0) is 31.5 Å². The SMILES string of the molecule is CCC(C)N(CCNC(=O)c1nn(C)c2c1CSc1ccccc1-2)Cc1ccco1. The summed E-state index contributed by atoms with van der Waals surface area (Å²) in [5.74, 6) is 1.60. The van der Waals surface area contributed by atoms with Crippen molar-refractivity contribution in [2.24, 2.45) is 7.05 Å². The maximum atomic E-state index is 12.9. The molecule has 0 saturated heterocycles. The smallest absolute Gasteiger partial charge is 0.272 e. The van der Waals surface area contributed by atoms with Crippen LogP contribution in [0.3, 0.4) is 0 Å². The van der Waals surface area contributed by atoms with E-state index in [0.717, 1.165) is 47.8 Å². The van der Waals surface area contributed by atoms with Gasteiger partial charge in [0.15, 0.2) is 5.69 Å². The van der Waals surface area contributed by atoms with Crippen molar-refractivity contribution in [3.8, 4) is 11.3 Å². The molecule has 7 heteroatoms. The summed E-state index contributed by atoms with van der Waals surface area (Å²) in [6, 6.07) is 12.6. The van der Waals surface area contributed by atoms with Gasteiger partial charge in [-0.25, -0.2) is 0 Å². The number of carbonyl (C=O) groups is 1. The number of benzene rings is 1. The first-order valence-electron chi connectivity index (χ1n) is 10.4. The topological polar surface area (TPSA) is 63.3 Å². The van der Waals surface area contributed by atoms with E-state index >= 15 is 0 Å². The molecule has 3 aromatic rings. The Hall–Kier alpha value is -2.51. The Kier molecular flexibility index (Phi) is 6.29. The highest BCUT2D eigenvalue weighted by Crippen LogP contribution is 2.42. The quantitative estimate of drug-likeness (QED) is 0.584. The Labute approximate surface area is 181 Å². The Bertz CT molecular complexity index is 1010. The van der Waals surface area contributed by atoms with Crippen LogP contribution < -0.4 is 5.32 Å². The Morgan fingerprint density at radius 1 is 1.33 bits per heavy atom. The van der Waals surface area contributed by atoms with Crippen LogP contribution in [0.1, 0.15) is 42.1 Å². The van der Waals surface area contributed by atoms with Crippen molar-refractivity contribution in [2.45, 2.75) is 43.5 Å². The summed E-state index contributed by atoms with van der Waals surface area (Å²) in [7, 11) is 1.91. The lowest BCUT2D eigenvalue weighted by Gasteiger charge is -2.27. The second-order valence-corrected chi connectivity index (χ2v) is 8.66. The fourth-order valence-electron chi connectivity index (χ4n) is 3.87. The van der Waals surface area contributed by atoms with Gasteiger partial charge in [-0.15, -0.1) is 11.8 Å². The highest BCUT2D eigenvalue weighted by atomic mass is 32.2. The van der Waals surface area contributed by atoms with E-state index in [0.29, 0.717) is 18.3 Å². The van der Waals surface area contributed by atoms with Gasteiger partial charge in [0.2, 0.25) is 0 Å². The predicted octanol–water partition coefficient (Wildman–Crippen LogP) is 4.32. The van der Waals surface area contributed by atoms with Crippen LogP contribution >= 0.6 is 11.8 Å². The first-order chi connectivity index (χ1) is 14.6. The highest BCUT2D eigenvalue weighted by Gasteiger charge is 2.27. The third-order valence-corrected chi connectivity index (χ3v) is 6.81. The van der Waals surface area contributed by atoms with Gasteiger partial charge in [0.25, 0.3) is 5.91 Å². The van der Waals surface area contributed by atoms with Gasteiger partial charge in [0.1, 0.15) is 5.76 Å². The average Bonchev–Trinajstić information content (AvgIpc) is 3.40. The largest absolute Gasteiger partial charge is 0.468 e. The summed E-state index contributed by atoms with van der Waals surface area (Å²) < 4.78 is 7.34. The number of thioether (sulfide) groups is 1. The summed E-state index contributed by atoms with van der Waals surface area (Å²) in [5, 5.41) is 7.64. The van der Waals surface area contributed by atoms with E-state index in [1.165, 1.54) is 4.90 Å². The highest BCUT2D eigenvalue weighted by molar-refractivity contribution is 7.98. The molecule has 0 aliphatic carbocycles. The molecule has 1 aliphatic heterocycles. The molecule has 2 aromatic heterocycles. The molecule has 1 atom stereocenters. The standard InChI is InChI=1S/C23H28N4O2S/c1-4-16(2)27(14-17-8-7-13-29-17)12-11-24-23(28)21-19-15-30-20-10-6-5-9-18(20)22(19)26(3)25-21/h5-10,13,16H,4,11-12,14-15H2,1-3H3,(H,24,28). The number of amides is 1. The molecule has 158 valence electrons. The van der Waals surface area contributed by atoms with E-state index in [9.17, 15) is 4.79 Å². The minimum atomic E-state index is -0.103. The third kappa shape index (κ3) is 4.18. The van der Waals surface area contributed by atoms with Gasteiger partial charge < -0.3 is 9.73 Å². The molecule has 3 heterocycles. The van der Waals surface area contributed by atoms with Crippen LogP contribution in [0.25, 0.3) is 11.3 Å². The maximum Gasteiger partial charge on any atom is 0.272 e.